The Balaban J connectivity index is 1.86. The summed E-state index contributed by atoms with van der Waals surface area (Å²) in [5.74, 6) is -0.177. The van der Waals surface area contributed by atoms with Gasteiger partial charge < -0.3 is 4.74 Å². The molecule has 3 aromatic rings. The van der Waals surface area contributed by atoms with Crippen LogP contribution in [0.4, 0.5) is 0 Å². The van der Waals surface area contributed by atoms with Gasteiger partial charge in [-0.25, -0.2) is 4.98 Å². The van der Waals surface area contributed by atoms with Gasteiger partial charge in [0.2, 0.25) is 0 Å². The number of fused-ring (bicyclic) bond motifs is 3. The maximum absolute atomic E-state index is 13.4. The number of thiophene rings is 1. The van der Waals surface area contributed by atoms with Crippen LogP contribution in [0.2, 0.25) is 0 Å². The lowest BCUT2D eigenvalue weighted by Gasteiger charge is -2.12. The second-order valence-corrected chi connectivity index (χ2v) is 8.53. The molecular formula is C20H20N2O3S2. The molecule has 27 heavy (non-hydrogen) atoms. The molecule has 2 aromatic heterocycles. The van der Waals surface area contributed by atoms with Crippen molar-refractivity contribution in [1.29, 1.82) is 0 Å². The molecular weight excluding hydrogens is 380 g/mol. The summed E-state index contributed by atoms with van der Waals surface area (Å²) in [4.78, 5) is 32.1. The molecule has 0 saturated carbocycles. The van der Waals surface area contributed by atoms with Gasteiger partial charge in [0.15, 0.2) is 5.16 Å². The van der Waals surface area contributed by atoms with Crippen LogP contribution in [0.1, 0.15) is 29.3 Å². The van der Waals surface area contributed by atoms with E-state index in [0.29, 0.717) is 11.8 Å². The number of nitrogens with zero attached hydrogens (tertiary/aromatic N) is 2. The molecule has 5 nitrogen and oxygen atoms in total. The maximum Gasteiger partial charge on any atom is 0.316 e. The standard InChI is InChI=1S/C20H20N2O3S2/c1-3-25-16(23)11-26-20-21-18-17(14-5-4-6-15(14)27-18)19(24)22(20)13-9-7-12(2)8-10-13/h7-10H,3-6,11H2,1-2H3. The zero-order valence-corrected chi connectivity index (χ0v) is 16.9. The Bertz CT molecular complexity index is 1070. The van der Waals surface area contributed by atoms with E-state index in [1.165, 1.54) is 16.6 Å². The number of ether oxygens (including phenoxy) is 1. The van der Waals surface area contributed by atoms with E-state index < -0.39 is 0 Å². The van der Waals surface area contributed by atoms with Crippen LogP contribution >= 0.6 is 23.1 Å². The second kappa shape index (κ2) is 7.48. The Labute approximate surface area is 165 Å². The fourth-order valence-corrected chi connectivity index (χ4v) is 5.48. The molecule has 0 atom stereocenters. The van der Waals surface area contributed by atoms with E-state index >= 15 is 0 Å². The smallest absolute Gasteiger partial charge is 0.316 e. The van der Waals surface area contributed by atoms with E-state index in [4.69, 9.17) is 9.72 Å². The minimum absolute atomic E-state index is 0.0467. The average molecular weight is 401 g/mol. The Morgan fingerprint density at radius 2 is 2.07 bits per heavy atom. The number of carbonyl (C=O) groups is 1. The van der Waals surface area contributed by atoms with Crippen molar-refractivity contribution in [3.63, 3.8) is 0 Å². The van der Waals surface area contributed by atoms with E-state index in [1.807, 2.05) is 31.2 Å². The number of aromatic nitrogens is 2. The summed E-state index contributed by atoms with van der Waals surface area (Å²) in [6, 6.07) is 7.80. The van der Waals surface area contributed by atoms with Crippen molar-refractivity contribution in [3.8, 4) is 5.69 Å². The number of hydrogen-bond acceptors (Lipinski definition) is 6. The topological polar surface area (TPSA) is 61.2 Å². The predicted molar refractivity (Wildman–Crippen MR) is 109 cm³/mol. The minimum atomic E-state index is -0.305. The van der Waals surface area contributed by atoms with Crippen molar-refractivity contribution in [1.82, 2.24) is 9.55 Å². The van der Waals surface area contributed by atoms with E-state index in [9.17, 15) is 9.59 Å². The maximum atomic E-state index is 13.4. The molecule has 1 aliphatic rings. The number of thioether (sulfide) groups is 1. The molecule has 0 saturated heterocycles. The Kier molecular flexibility index (Phi) is 5.06. The summed E-state index contributed by atoms with van der Waals surface area (Å²) < 4.78 is 6.66. The molecule has 7 heteroatoms. The molecule has 0 fully saturated rings. The fraction of sp³-hybridized carbons (Fsp3) is 0.350. The third kappa shape index (κ3) is 3.41. The van der Waals surface area contributed by atoms with Crippen molar-refractivity contribution in [2.75, 3.05) is 12.4 Å². The van der Waals surface area contributed by atoms with Crippen LogP contribution in [0.25, 0.3) is 15.9 Å². The quantitative estimate of drug-likeness (QED) is 0.369. The van der Waals surface area contributed by atoms with Gasteiger partial charge in [0, 0.05) is 4.88 Å². The summed E-state index contributed by atoms with van der Waals surface area (Å²) in [6.07, 6.45) is 3.06. The monoisotopic (exact) mass is 400 g/mol. The summed E-state index contributed by atoms with van der Waals surface area (Å²) in [5.41, 5.74) is 3.01. The van der Waals surface area contributed by atoms with Crippen molar-refractivity contribution < 1.29 is 9.53 Å². The molecule has 0 radical (unpaired) electrons. The Morgan fingerprint density at radius 1 is 1.30 bits per heavy atom. The SMILES string of the molecule is CCOC(=O)CSc1nc2sc3c(c2c(=O)n1-c1ccc(C)cc1)CCC3. The van der Waals surface area contributed by atoms with Gasteiger partial charge in [0.1, 0.15) is 4.83 Å². The number of carbonyl (C=O) groups excluding carboxylic acids is 1. The first kappa shape index (κ1) is 18.3. The van der Waals surface area contributed by atoms with Gasteiger partial charge >= 0.3 is 5.97 Å². The molecule has 0 aliphatic heterocycles. The van der Waals surface area contributed by atoms with Gasteiger partial charge in [0.05, 0.1) is 23.4 Å². The normalized spacial score (nSPS) is 13.1. The van der Waals surface area contributed by atoms with Crippen LogP contribution < -0.4 is 5.56 Å². The summed E-state index contributed by atoms with van der Waals surface area (Å²) >= 11 is 2.86. The lowest BCUT2D eigenvalue weighted by molar-refractivity contribution is -0.139. The second-order valence-electron chi connectivity index (χ2n) is 6.50. The molecule has 0 spiro atoms. The van der Waals surface area contributed by atoms with Gasteiger partial charge in [-0.3, -0.25) is 14.2 Å². The number of hydrogen-bond donors (Lipinski definition) is 0. The van der Waals surface area contributed by atoms with Crippen molar-refractivity contribution >= 4 is 39.3 Å². The molecule has 140 valence electrons. The molecule has 0 unspecified atom stereocenters. The predicted octanol–water partition coefficient (Wildman–Crippen LogP) is 3.90. The van der Waals surface area contributed by atoms with E-state index in [2.05, 4.69) is 0 Å². The highest BCUT2D eigenvalue weighted by atomic mass is 32.2. The highest BCUT2D eigenvalue weighted by Crippen LogP contribution is 2.36. The van der Waals surface area contributed by atoms with Crippen molar-refractivity contribution in [2.45, 2.75) is 38.3 Å². The molecule has 1 aliphatic carbocycles. The third-order valence-electron chi connectivity index (χ3n) is 4.62. The van der Waals surface area contributed by atoms with Gasteiger partial charge in [-0.05, 0) is 50.8 Å². The van der Waals surface area contributed by atoms with Gasteiger partial charge in [-0.15, -0.1) is 11.3 Å². The first-order valence-corrected chi connectivity index (χ1v) is 10.8. The largest absolute Gasteiger partial charge is 0.465 e. The number of benzene rings is 1. The van der Waals surface area contributed by atoms with E-state index in [0.717, 1.165) is 46.3 Å². The van der Waals surface area contributed by atoms with Gasteiger partial charge in [-0.1, -0.05) is 29.5 Å². The molecule has 2 heterocycles. The zero-order chi connectivity index (χ0) is 19.0. The van der Waals surface area contributed by atoms with Crippen LogP contribution in [-0.4, -0.2) is 27.9 Å². The Hall–Kier alpha value is -2.12. The first-order valence-electron chi connectivity index (χ1n) is 9.01. The van der Waals surface area contributed by atoms with E-state index in [-0.39, 0.29) is 17.3 Å². The molecule has 0 N–H and O–H groups in total. The first-order chi connectivity index (χ1) is 13.1. The molecule has 4 rings (SSSR count). The summed E-state index contributed by atoms with van der Waals surface area (Å²) in [5, 5.41) is 1.28. The Morgan fingerprint density at radius 3 is 2.81 bits per heavy atom. The lowest BCUT2D eigenvalue weighted by atomic mass is 10.2. The molecule has 0 amide bonds. The van der Waals surface area contributed by atoms with Crippen molar-refractivity contribution in [3.05, 3.63) is 50.6 Å². The summed E-state index contributed by atoms with van der Waals surface area (Å²) in [6.45, 7) is 4.13. The average Bonchev–Trinajstić information content (AvgIpc) is 3.22. The van der Waals surface area contributed by atoms with Crippen LogP contribution in [0.15, 0.2) is 34.2 Å². The highest BCUT2D eigenvalue weighted by Gasteiger charge is 2.24. The fourth-order valence-electron chi connectivity index (χ4n) is 3.37. The number of aryl methyl sites for hydroxylation is 3. The van der Waals surface area contributed by atoms with Crippen LogP contribution in [0.5, 0.6) is 0 Å². The van der Waals surface area contributed by atoms with Crippen LogP contribution in [-0.2, 0) is 22.4 Å². The highest BCUT2D eigenvalue weighted by molar-refractivity contribution is 7.99. The van der Waals surface area contributed by atoms with Crippen LogP contribution in [0.3, 0.4) is 0 Å². The molecule has 1 aromatic carbocycles. The van der Waals surface area contributed by atoms with Gasteiger partial charge in [0.25, 0.3) is 5.56 Å². The van der Waals surface area contributed by atoms with Crippen molar-refractivity contribution in [2.24, 2.45) is 0 Å². The number of rotatable bonds is 5. The van der Waals surface area contributed by atoms with E-state index in [1.54, 1.807) is 22.8 Å². The number of esters is 1. The lowest BCUT2D eigenvalue weighted by Crippen LogP contribution is -2.22. The minimum Gasteiger partial charge on any atom is -0.465 e. The van der Waals surface area contributed by atoms with Crippen LogP contribution in [0, 0.1) is 6.92 Å². The zero-order valence-electron chi connectivity index (χ0n) is 15.3. The molecule has 0 bridgehead atoms. The summed E-state index contributed by atoms with van der Waals surface area (Å²) in [7, 11) is 0. The third-order valence-corrected chi connectivity index (χ3v) is 6.72. The van der Waals surface area contributed by atoms with Gasteiger partial charge in [-0.2, -0.15) is 0 Å².